The van der Waals surface area contributed by atoms with Crippen LogP contribution in [0.25, 0.3) is 22.2 Å². The van der Waals surface area contributed by atoms with Crippen LogP contribution in [0.1, 0.15) is 23.8 Å². The molecule has 6 nitrogen and oxygen atoms in total. The number of pyridine rings is 1. The first-order valence-electron chi connectivity index (χ1n) is 7.51. The van der Waals surface area contributed by atoms with Gasteiger partial charge in [0.05, 0.1) is 12.5 Å². The molecule has 0 unspecified atom stereocenters. The van der Waals surface area contributed by atoms with Crippen LogP contribution in [0.2, 0.25) is 0 Å². The number of aromatic nitrogens is 3. The van der Waals surface area contributed by atoms with Gasteiger partial charge in [-0.15, -0.1) is 0 Å². The van der Waals surface area contributed by atoms with Crippen LogP contribution in [0.3, 0.4) is 0 Å². The zero-order valence-electron chi connectivity index (χ0n) is 12.8. The molecule has 0 radical (unpaired) electrons. The first-order chi connectivity index (χ1) is 11.2. The van der Waals surface area contributed by atoms with E-state index in [0.29, 0.717) is 25.2 Å². The zero-order valence-corrected chi connectivity index (χ0v) is 12.8. The van der Waals surface area contributed by atoms with Crippen molar-refractivity contribution in [3.63, 3.8) is 0 Å². The summed E-state index contributed by atoms with van der Waals surface area (Å²) in [5.74, 6) is -0.0895. The lowest BCUT2D eigenvalue weighted by atomic mass is 10.1. The third-order valence-electron chi connectivity index (χ3n) is 3.85. The summed E-state index contributed by atoms with van der Waals surface area (Å²) in [7, 11) is 0. The number of fused-ring (bicyclic) bond motifs is 1. The largest absolute Gasteiger partial charge is 0.357 e. The van der Waals surface area contributed by atoms with Crippen molar-refractivity contribution in [3.05, 3.63) is 42.5 Å². The molecule has 0 atom stereocenters. The van der Waals surface area contributed by atoms with Gasteiger partial charge in [0.15, 0.2) is 0 Å². The van der Waals surface area contributed by atoms with E-state index in [9.17, 15) is 4.79 Å². The lowest BCUT2D eigenvalue weighted by molar-refractivity contribution is 0.0762. The highest BCUT2D eigenvalue weighted by Crippen LogP contribution is 2.27. The molecule has 2 N–H and O–H groups in total. The van der Waals surface area contributed by atoms with Crippen LogP contribution in [-0.2, 0) is 0 Å². The minimum absolute atomic E-state index is 0.0895. The average Bonchev–Trinajstić information content (AvgIpc) is 3.24. The van der Waals surface area contributed by atoms with E-state index >= 15 is 0 Å². The van der Waals surface area contributed by atoms with E-state index in [4.69, 9.17) is 5.26 Å². The summed E-state index contributed by atoms with van der Waals surface area (Å²) >= 11 is 0. The van der Waals surface area contributed by atoms with Gasteiger partial charge in [-0.2, -0.15) is 5.26 Å². The molecular formula is C17H17N5O. The topological polar surface area (TPSA) is 88.6 Å². The Hall–Kier alpha value is -3.07. The van der Waals surface area contributed by atoms with Crippen molar-refractivity contribution in [2.75, 3.05) is 13.1 Å². The van der Waals surface area contributed by atoms with Crippen molar-refractivity contribution in [2.24, 2.45) is 0 Å². The summed E-state index contributed by atoms with van der Waals surface area (Å²) < 4.78 is 0. The van der Waals surface area contributed by atoms with Crippen molar-refractivity contribution in [2.45, 2.75) is 13.3 Å². The first kappa shape index (κ1) is 14.9. The number of amides is 1. The van der Waals surface area contributed by atoms with Gasteiger partial charge in [-0.1, -0.05) is 0 Å². The van der Waals surface area contributed by atoms with E-state index < -0.39 is 0 Å². The molecule has 0 aromatic carbocycles. The van der Waals surface area contributed by atoms with Crippen LogP contribution in [-0.4, -0.2) is 38.8 Å². The summed E-state index contributed by atoms with van der Waals surface area (Å²) in [4.78, 5) is 24.6. The minimum atomic E-state index is -0.0895. The number of carbonyl (C=O) groups is 1. The quantitative estimate of drug-likeness (QED) is 0.759. The predicted octanol–water partition coefficient (Wildman–Crippen LogP) is 2.93. The molecule has 0 saturated carbocycles. The fraction of sp³-hybridized carbons (Fsp3) is 0.235. The van der Waals surface area contributed by atoms with E-state index in [1.54, 1.807) is 11.1 Å². The van der Waals surface area contributed by atoms with Crippen LogP contribution in [0.5, 0.6) is 0 Å². The van der Waals surface area contributed by atoms with Crippen molar-refractivity contribution >= 4 is 16.9 Å². The van der Waals surface area contributed by atoms with Crippen LogP contribution < -0.4 is 0 Å². The molecule has 0 aliphatic rings. The standard InChI is InChI=1S/C17H17N5O/c1-2-22(9-3-6-18)17(23)15-10-12(11-21-15)13-4-7-19-16-14(13)5-8-20-16/h4-5,7-8,10-11,21H,2-3,9H2,1H3,(H,19,20). The third-order valence-corrected chi connectivity index (χ3v) is 3.85. The maximum Gasteiger partial charge on any atom is 0.270 e. The summed E-state index contributed by atoms with van der Waals surface area (Å²) in [6.07, 6.45) is 5.75. The normalized spacial score (nSPS) is 10.6. The van der Waals surface area contributed by atoms with Crippen molar-refractivity contribution in [1.82, 2.24) is 19.9 Å². The van der Waals surface area contributed by atoms with Gasteiger partial charge in [0, 0.05) is 42.6 Å². The van der Waals surface area contributed by atoms with Crippen molar-refractivity contribution < 1.29 is 4.79 Å². The molecule has 6 heteroatoms. The van der Waals surface area contributed by atoms with E-state index in [2.05, 4.69) is 21.0 Å². The van der Waals surface area contributed by atoms with E-state index in [1.807, 2.05) is 37.5 Å². The van der Waals surface area contributed by atoms with Gasteiger partial charge in [0.1, 0.15) is 11.3 Å². The minimum Gasteiger partial charge on any atom is -0.357 e. The van der Waals surface area contributed by atoms with Crippen LogP contribution in [0.4, 0.5) is 0 Å². The highest BCUT2D eigenvalue weighted by Gasteiger charge is 2.17. The van der Waals surface area contributed by atoms with Gasteiger partial charge in [-0.3, -0.25) is 4.79 Å². The van der Waals surface area contributed by atoms with Crippen LogP contribution in [0, 0.1) is 11.3 Å². The first-order valence-corrected chi connectivity index (χ1v) is 7.51. The van der Waals surface area contributed by atoms with E-state index in [1.165, 1.54) is 0 Å². The number of rotatable bonds is 5. The Balaban J connectivity index is 1.90. The maximum atomic E-state index is 12.5. The molecule has 3 aromatic rings. The Morgan fingerprint density at radius 2 is 2.26 bits per heavy atom. The Morgan fingerprint density at radius 1 is 1.39 bits per heavy atom. The summed E-state index contributed by atoms with van der Waals surface area (Å²) in [5, 5.41) is 9.71. The van der Waals surface area contributed by atoms with Gasteiger partial charge in [0.25, 0.3) is 5.91 Å². The molecule has 0 aliphatic carbocycles. The molecule has 23 heavy (non-hydrogen) atoms. The number of aromatic amines is 2. The Kier molecular flexibility index (Phi) is 4.11. The van der Waals surface area contributed by atoms with Crippen molar-refractivity contribution in [1.29, 1.82) is 5.26 Å². The smallest absolute Gasteiger partial charge is 0.270 e. The van der Waals surface area contributed by atoms with E-state index in [0.717, 1.165) is 22.2 Å². The third kappa shape index (κ3) is 2.81. The molecule has 0 bridgehead atoms. The average molecular weight is 307 g/mol. The van der Waals surface area contributed by atoms with Gasteiger partial charge in [-0.05, 0) is 30.7 Å². The second kappa shape index (κ2) is 6.36. The Morgan fingerprint density at radius 3 is 3.04 bits per heavy atom. The Labute approximate surface area is 133 Å². The number of hydrogen-bond acceptors (Lipinski definition) is 3. The lowest BCUT2D eigenvalue weighted by Crippen LogP contribution is -2.31. The highest BCUT2D eigenvalue weighted by atomic mass is 16.2. The van der Waals surface area contributed by atoms with Gasteiger partial charge in [-0.25, -0.2) is 4.98 Å². The lowest BCUT2D eigenvalue weighted by Gasteiger charge is -2.18. The van der Waals surface area contributed by atoms with Gasteiger partial charge in [0.2, 0.25) is 0 Å². The molecule has 0 aliphatic heterocycles. The number of nitrogens with zero attached hydrogens (tertiary/aromatic N) is 3. The van der Waals surface area contributed by atoms with E-state index in [-0.39, 0.29) is 5.91 Å². The monoisotopic (exact) mass is 307 g/mol. The fourth-order valence-electron chi connectivity index (χ4n) is 2.64. The van der Waals surface area contributed by atoms with Crippen molar-refractivity contribution in [3.8, 4) is 17.2 Å². The summed E-state index contributed by atoms with van der Waals surface area (Å²) in [6, 6.07) is 7.82. The molecule has 116 valence electrons. The summed E-state index contributed by atoms with van der Waals surface area (Å²) in [5.41, 5.74) is 3.31. The second-order valence-electron chi connectivity index (χ2n) is 5.19. The van der Waals surface area contributed by atoms with Crippen LogP contribution in [0.15, 0.2) is 36.8 Å². The van der Waals surface area contributed by atoms with Gasteiger partial charge < -0.3 is 14.9 Å². The summed E-state index contributed by atoms with van der Waals surface area (Å²) in [6.45, 7) is 2.93. The molecule has 0 fully saturated rings. The number of H-pyrrole nitrogens is 2. The molecule has 3 aromatic heterocycles. The predicted molar refractivity (Wildman–Crippen MR) is 87.7 cm³/mol. The SMILES string of the molecule is CCN(CCC#N)C(=O)c1cc(-c2ccnc3[nH]ccc23)c[nH]1. The molecule has 1 amide bonds. The number of nitrogens with one attached hydrogen (secondary N) is 2. The Bertz CT molecular complexity index is 870. The molecular weight excluding hydrogens is 290 g/mol. The highest BCUT2D eigenvalue weighted by molar-refractivity contribution is 5.97. The molecule has 3 rings (SSSR count). The van der Waals surface area contributed by atoms with Gasteiger partial charge >= 0.3 is 0 Å². The molecule has 3 heterocycles. The number of nitriles is 1. The number of hydrogen-bond donors (Lipinski definition) is 2. The number of carbonyl (C=O) groups excluding carboxylic acids is 1. The molecule has 0 saturated heterocycles. The molecule has 0 spiro atoms. The second-order valence-corrected chi connectivity index (χ2v) is 5.19. The fourth-order valence-corrected chi connectivity index (χ4v) is 2.64. The maximum absolute atomic E-state index is 12.5. The zero-order chi connectivity index (χ0) is 16.2. The van der Waals surface area contributed by atoms with Crippen LogP contribution >= 0.6 is 0 Å².